The van der Waals surface area contributed by atoms with Crippen molar-refractivity contribution in [2.24, 2.45) is 0 Å². The highest BCUT2D eigenvalue weighted by atomic mass is 79.9. The Labute approximate surface area is 115 Å². The molecule has 0 bridgehead atoms. The second kappa shape index (κ2) is 7.72. The molecule has 0 aromatic heterocycles. The van der Waals surface area contributed by atoms with E-state index in [4.69, 9.17) is 16.7 Å². The van der Waals surface area contributed by atoms with Crippen LogP contribution >= 0.6 is 27.5 Å². The summed E-state index contributed by atoms with van der Waals surface area (Å²) in [5.74, 6) is -0.775. The second-order valence-electron chi connectivity index (χ2n) is 4.03. The van der Waals surface area contributed by atoms with Crippen LogP contribution in [0.2, 0.25) is 5.02 Å². The van der Waals surface area contributed by atoms with Gasteiger partial charge in [-0.25, -0.2) is 0 Å². The monoisotopic (exact) mass is 318 g/mol. The lowest BCUT2D eigenvalue weighted by Gasteiger charge is -2.04. The summed E-state index contributed by atoms with van der Waals surface area (Å²) in [7, 11) is 0. The van der Waals surface area contributed by atoms with Gasteiger partial charge >= 0.3 is 5.97 Å². The van der Waals surface area contributed by atoms with Crippen LogP contribution in [0.5, 0.6) is 0 Å². The van der Waals surface area contributed by atoms with Gasteiger partial charge in [0, 0.05) is 5.02 Å². The number of carboxylic acid groups (broad SMARTS) is 1. The lowest BCUT2D eigenvalue weighted by atomic mass is 10.1. The van der Waals surface area contributed by atoms with E-state index in [1.807, 2.05) is 24.3 Å². The van der Waals surface area contributed by atoms with Crippen molar-refractivity contribution >= 4 is 33.5 Å². The lowest BCUT2D eigenvalue weighted by molar-refractivity contribution is -0.136. The molecule has 0 spiro atoms. The summed E-state index contributed by atoms with van der Waals surface area (Å²) in [6.07, 6.45) is 4.79. The Kier molecular flexibility index (Phi) is 6.60. The Hall–Kier alpha value is -0.540. The maximum Gasteiger partial charge on any atom is 0.317 e. The van der Waals surface area contributed by atoms with Gasteiger partial charge in [0.2, 0.25) is 0 Å². The number of carbonyl (C=O) groups is 1. The van der Waals surface area contributed by atoms with Crippen molar-refractivity contribution in [3.05, 3.63) is 34.9 Å². The summed E-state index contributed by atoms with van der Waals surface area (Å²) in [5.41, 5.74) is 1.28. The van der Waals surface area contributed by atoms with Crippen LogP contribution in [-0.2, 0) is 11.2 Å². The Bertz CT molecular complexity index is 351. The van der Waals surface area contributed by atoms with Crippen molar-refractivity contribution in [2.45, 2.75) is 36.9 Å². The highest BCUT2D eigenvalue weighted by molar-refractivity contribution is 9.10. The van der Waals surface area contributed by atoms with Crippen molar-refractivity contribution in [1.29, 1.82) is 0 Å². The number of hydrogen-bond acceptors (Lipinski definition) is 1. The number of unbranched alkanes of at least 4 members (excludes halogenated alkanes) is 2. The molecule has 1 aromatic rings. The third-order valence-corrected chi connectivity index (χ3v) is 3.71. The first-order chi connectivity index (χ1) is 8.09. The molecular formula is C13H16BrClO2. The van der Waals surface area contributed by atoms with Crippen molar-refractivity contribution in [3.63, 3.8) is 0 Å². The third-order valence-electron chi connectivity index (χ3n) is 2.60. The summed E-state index contributed by atoms with van der Waals surface area (Å²) in [6.45, 7) is 0. The molecule has 0 aliphatic heterocycles. The molecule has 1 atom stereocenters. The Morgan fingerprint density at radius 1 is 1.24 bits per heavy atom. The van der Waals surface area contributed by atoms with Gasteiger partial charge in [-0.1, -0.05) is 52.5 Å². The van der Waals surface area contributed by atoms with Gasteiger partial charge in [0.1, 0.15) is 4.83 Å². The van der Waals surface area contributed by atoms with Crippen molar-refractivity contribution in [2.75, 3.05) is 0 Å². The summed E-state index contributed by atoms with van der Waals surface area (Å²) < 4.78 is 0. The molecule has 0 aliphatic carbocycles. The van der Waals surface area contributed by atoms with Crippen LogP contribution in [0.1, 0.15) is 31.2 Å². The third kappa shape index (κ3) is 6.08. The van der Waals surface area contributed by atoms with E-state index in [0.717, 1.165) is 30.7 Å². The van der Waals surface area contributed by atoms with Gasteiger partial charge in [-0.15, -0.1) is 0 Å². The fraction of sp³-hybridized carbons (Fsp3) is 0.462. The van der Waals surface area contributed by atoms with E-state index in [9.17, 15) is 4.79 Å². The van der Waals surface area contributed by atoms with Gasteiger partial charge < -0.3 is 5.11 Å². The number of halogens is 2. The predicted octanol–water partition coefficient (Wildman–Crippen LogP) is 4.29. The number of rotatable bonds is 7. The molecule has 94 valence electrons. The first-order valence-corrected chi connectivity index (χ1v) is 7.00. The molecule has 1 rings (SSSR count). The zero-order valence-corrected chi connectivity index (χ0v) is 11.9. The normalized spacial score (nSPS) is 12.4. The van der Waals surface area contributed by atoms with E-state index in [-0.39, 0.29) is 0 Å². The van der Waals surface area contributed by atoms with Crippen molar-refractivity contribution < 1.29 is 9.90 Å². The SMILES string of the molecule is O=C(O)C(Br)CCCCCc1ccc(Cl)cc1. The van der Waals surface area contributed by atoms with E-state index in [0.29, 0.717) is 6.42 Å². The Balaban J connectivity index is 2.12. The van der Waals surface area contributed by atoms with Crippen LogP contribution in [0.25, 0.3) is 0 Å². The molecule has 17 heavy (non-hydrogen) atoms. The minimum atomic E-state index is -0.775. The van der Waals surface area contributed by atoms with Crippen LogP contribution in [0.3, 0.4) is 0 Å². The molecule has 0 aliphatic rings. The molecule has 0 saturated heterocycles. The lowest BCUT2D eigenvalue weighted by Crippen LogP contribution is -2.11. The van der Waals surface area contributed by atoms with Crippen LogP contribution in [0.4, 0.5) is 0 Å². The minimum absolute atomic E-state index is 0.405. The first kappa shape index (κ1) is 14.5. The topological polar surface area (TPSA) is 37.3 Å². The Morgan fingerprint density at radius 2 is 1.88 bits per heavy atom. The van der Waals surface area contributed by atoms with Gasteiger partial charge in [0.25, 0.3) is 0 Å². The molecular weight excluding hydrogens is 303 g/mol. The number of carboxylic acids is 1. The highest BCUT2D eigenvalue weighted by Gasteiger charge is 2.11. The molecule has 1 unspecified atom stereocenters. The minimum Gasteiger partial charge on any atom is -0.480 e. The smallest absolute Gasteiger partial charge is 0.317 e. The summed E-state index contributed by atoms with van der Waals surface area (Å²) in [6, 6.07) is 7.87. The fourth-order valence-corrected chi connectivity index (χ4v) is 2.05. The molecule has 1 aromatic carbocycles. The first-order valence-electron chi connectivity index (χ1n) is 5.71. The molecule has 2 nitrogen and oxygen atoms in total. The van der Waals surface area contributed by atoms with Gasteiger partial charge in [0.05, 0.1) is 0 Å². The van der Waals surface area contributed by atoms with Crippen LogP contribution in [0.15, 0.2) is 24.3 Å². The average Bonchev–Trinajstić information content (AvgIpc) is 2.30. The second-order valence-corrected chi connectivity index (χ2v) is 5.57. The van der Waals surface area contributed by atoms with E-state index >= 15 is 0 Å². The molecule has 0 fully saturated rings. The van der Waals surface area contributed by atoms with Crippen LogP contribution in [-0.4, -0.2) is 15.9 Å². The van der Waals surface area contributed by atoms with Crippen molar-refractivity contribution in [1.82, 2.24) is 0 Å². The summed E-state index contributed by atoms with van der Waals surface area (Å²) in [5, 5.41) is 9.44. The maximum absolute atomic E-state index is 10.6. The number of hydrogen-bond donors (Lipinski definition) is 1. The Morgan fingerprint density at radius 3 is 2.47 bits per heavy atom. The highest BCUT2D eigenvalue weighted by Crippen LogP contribution is 2.14. The molecule has 0 heterocycles. The number of aryl methyl sites for hydroxylation is 1. The van der Waals surface area contributed by atoms with Crippen LogP contribution in [0, 0.1) is 0 Å². The van der Waals surface area contributed by atoms with E-state index in [2.05, 4.69) is 15.9 Å². The van der Waals surface area contributed by atoms with E-state index in [1.165, 1.54) is 5.56 Å². The largest absolute Gasteiger partial charge is 0.480 e. The van der Waals surface area contributed by atoms with E-state index in [1.54, 1.807) is 0 Å². The van der Waals surface area contributed by atoms with Gasteiger partial charge in [-0.05, 0) is 37.0 Å². The summed E-state index contributed by atoms with van der Waals surface area (Å²) in [4.78, 5) is 10.2. The van der Waals surface area contributed by atoms with Gasteiger partial charge in [-0.3, -0.25) is 4.79 Å². The number of aliphatic carboxylic acids is 1. The number of alkyl halides is 1. The van der Waals surface area contributed by atoms with Crippen LogP contribution < -0.4 is 0 Å². The molecule has 0 amide bonds. The fourth-order valence-electron chi connectivity index (χ4n) is 1.60. The quantitative estimate of drug-likeness (QED) is 0.601. The standard InChI is InChI=1S/C13H16BrClO2/c14-12(13(16)17)5-3-1-2-4-10-6-8-11(15)9-7-10/h6-9,12H,1-5H2,(H,16,17). The molecule has 0 saturated carbocycles. The van der Waals surface area contributed by atoms with Gasteiger partial charge in [-0.2, -0.15) is 0 Å². The predicted molar refractivity (Wildman–Crippen MR) is 74.0 cm³/mol. The average molecular weight is 320 g/mol. The van der Waals surface area contributed by atoms with E-state index < -0.39 is 10.8 Å². The van der Waals surface area contributed by atoms with Crippen molar-refractivity contribution in [3.8, 4) is 0 Å². The zero-order valence-electron chi connectivity index (χ0n) is 9.53. The zero-order chi connectivity index (χ0) is 12.7. The van der Waals surface area contributed by atoms with Gasteiger partial charge in [0.15, 0.2) is 0 Å². The molecule has 0 radical (unpaired) electrons. The maximum atomic E-state index is 10.6. The molecule has 4 heteroatoms. The number of benzene rings is 1. The summed E-state index contributed by atoms with van der Waals surface area (Å²) >= 11 is 8.93. The molecule has 1 N–H and O–H groups in total.